The van der Waals surface area contributed by atoms with Crippen LogP contribution in [0.2, 0.25) is 0 Å². The third-order valence-electron chi connectivity index (χ3n) is 3.77. The molecule has 3 atom stereocenters. The molecule has 4 N–H and O–H groups in total. The summed E-state index contributed by atoms with van der Waals surface area (Å²) >= 11 is 0. The van der Waals surface area contributed by atoms with Crippen LogP contribution in [0.15, 0.2) is 24.3 Å². The molecule has 12 heteroatoms. The summed E-state index contributed by atoms with van der Waals surface area (Å²) in [4.78, 5) is 34.1. The largest absolute Gasteiger partial charge is 0.491 e. The number of rotatable bonds is 11. The average molecular weight is 437 g/mol. The van der Waals surface area contributed by atoms with Gasteiger partial charge in [0.05, 0.1) is 6.61 Å². The number of benzene rings is 1. The number of Topliss-reactive ketones (excluding diaryl/α,β-unsaturated/α-hetero) is 1. The van der Waals surface area contributed by atoms with Gasteiger partial charge in [0, 0.05) is 6.42 Å². The Morgan fingerprint density at radius 2 is 1.73 bits per heavy atom. The van der Waals surface area contributed by atoms with Crippen molar-refractivity contribution in [2.75, 3.05) is 19.8 Å². The van der Waals surface area contributed by atoms with Gasteiger partial charge in [-0.3, -0.25) is 9.59 Å². The lowest BCUT2D eigenvalue weighted by atomic mass is 10.1. The minimum Gasteiger partial charge on any atom is -0.491 e. The number of carbonyl (C=O) groups excluding carboxylic acids is 3. The SMILES string of the molecule is CCOC(=O)[C@H](Cc1ccc(OC[C@@H](O)[C@H](O)C(=O)CO)cc1)NC(=O)C(F)(F)F. The van der Waals surface area contributed by atoms with E-state index in [1.807, 2.05) is 0 Å². The fraction of sp³-hybridized carbons (Fsp3) is 0.500. The second-order valence-electron chi connectivity index (χ2n) is 6.07. The second kappa shape index (κ2) is 11.5. The normalized spacial score (nSPS) is 14.4. The molecule has 9 nitrogen and oxygen atoms in total. The lowest BCUT2D eigenvalue weighted by molar-refractivity contribution is -0.175. The Bertz CT molecular complexity index is 723. The second-order valence-corrected chi connectivity index (χ2v) is 6.07. The van der Waals surface area contributed by atoms with E-state index in [1.54, 1.807) is 5.32 Å². The quantitative estimate of drug-likeness (QED) is 0.340. The summed E-state index contributed by atoms with van der Waals surface area (Å²) in [5, 5.41) is 29.3. The molecule has 0 aromatic heterocycles. The maximum absolute atomic E-state index is 12.5. The van der Waals surface area contributed by atoms with E-state index in [0.717, 1.165) is 0 Å². The van der Waals surface area contributed by atoms with Gasteiger partial charge in [0.1, 0.15) is 37.2 Å². The molecule has 0 bridgehead atoms. The number of ketones is 1. The zero-order valence-electron chi connectivity index (χ0n) is 15.9. The molecule has 0 spiro atoms. The first-order valence-electron chi connectivity index (χ1n) is 8.75. The number of carbonyl (C=O) groups is 3. The van der Waals surface area contributed by atoms with Crippen LogP contribution in [0.4, 0.5) is 13.2 Å². The maximum Gasteiger partial charge on any atom is 0.471 e. The summed E-state index contributed by atoms with van der Waals surface area (Å²) in [6.07, 6.45) is -8.86. The zero-order chi connectivity index (χ0) is 22.9. The number of alkyl halides is 3. The molecule has 0 radical (unpaired) electrons. The lowest BCUT2D eigenvalue weighted by Crippen LogP contribution is -2.48. The van der Waals surface area contributed by atoms with Crippen molar-refractivity contribution < 1.29 is 52.3 Å². The summed E-state index contributed by atoms with van der Waals surface area (Å²) in [7, 11) is 0. The van der Waals surface area contributed by atoms with E-state index in [2.05, 4.69) is 4.74 Å². The first kappa shape index (κ1) is 25.3. The number of ether oxygens (including phenoxy) is 2. The van der Waals surface area contributed by atoms with Crippen LogP contribution in [0.3, 0.4) is 0 Å². The van der Waals surface area contributed by atoms with Crippen molar-refractivity contribution in [2.45, 2.75) is 37.8 Å². The molecule has 0 fully saturated rings. The zero-order valence-corrected chi connectivity index (χ0v) is 15.9. The van der Waals surface area contributed by atoms with E-state index in [9.17, 15) is 37.8 Å². The van der Waals surface area contributed by atoms with Gasteiger partial charge in [-0.15, -0.1) is 0 Å². The highest BCUT2D eigenvalue weighted by molar-refractivity contribution is 5.87. The van der Waals surface area contributed by atoms with E-state index < -0.39 is 55.3 Å². The standard InChI is InChI=1S/C18H22F3NO8/c1-2-29-16(27)12(22-17(28)18(19,20)21)7-10-3-5-11(6-4-10)30-9-14(25)15(26)13(24)8-23/h3-6,12,14-15,23,25-26H,2,7-9H2,1H3,(H,22,28)/t12-,14+,15+/m0/s1. The van der Waals surface area contributed by atoms with Gasteiger partial charge in [-0.05, 0) is 24.6 Å². The maximum atomic E-state index is 12.5. The summed E-state index contributed by atoms with van der Waals surface area (Å²) in [6, 6.07) is 3.99. The molecule has 0 aliphatic rings. The fourth-order valence-corrected chi connectivity index (χ4v) is 2.21. The third kappa shape index (κ3) is 7.97. The molecular weight excluding hydrogens is 415 g/mol. The number of halogens is 3. The smallest absolute Gasteiger partial charge is 0.471 e. The fourth-order valence-electron chi connectivity index (χ4n) is 2.21. The van der Waals surface area contributed by atoms with Crippen molar-refractivity contribution in [1.29, 1.82) is 0 Å². The number of aliphatic hydroxyl groups excluding tert-OH is 3. The number of hydrogen-bond acceptors (Lipinski definition) is 8. The Hall–Kier alpha value is -2.70. The lowest BCUT2D eigenvalue weighted by Gasteiger charge is -2.19. The van der Waals surface area contributed by atoms with Crippen LogP contribution in [-0.4, -0.2) is 77.2 Å². The van der Waals surface area contributed by atoms with Crippen molar-refractivity contribution in [2.24, 2.45) is 0 Å². The van der Waals surface area contributed by atoms with E-state index in [-0.39, 0.29) is 18.8 Å². The minimum atomic E-state index is -5.16. The van der Waals surface area contributed by atoms with Crippen LogP contribution >= 0.6 is 0 Å². The van der Waals surface area contributed by atoms with Gasteiger partial charge in [-0.1, -0.05) is 12.1 Å². The summed E-state index contributed by atoms with van der Waals surface area (Å²) in [6.45, 7) is -0.0398. The van der Waals surface area contributed by atoms with Gasteiger partial charge in [-0.25, -0.2) is 4.79 Å². The first-order chi connectivity index (χ1) is 14.0. The molecule has 0 unspecified atom stereocenters. The van der Waals surface area contributed by atoms with E-state index >= 15 is 0 Å². The van der Waals surface area contributed by atoms with Gasteiger partial charge >= 0.3 is 18.1 Å². The molecule has 1 rings (SSSR count). The van der Waals surface area contributed by atoms with Crippen molar-refractivity contribution in [3.05, 3.63) is 29.8 Å². The predicted octanol–water partition coefficient (Wildman–Crippen LogP) is -0.499. The highest BCUT2D eigenvalue weighted by Crippen LogP contribution is 2.17. The molecule has 0 aliphatic heterocycles. The Balaban J connectivity index is 2.75. The van der Waals surface area contributed by atoms with Gasteiger partial charge in [0.25, 0.3) is 0 Å². The van der Waals surface area contributed by atoms with Gasteiger partial charge in [0.15, 0.2) is 5.78 Å². The third-order valence-corrected chi connectivity index (χ3v) is 3.77. The van der Waals surface area contributed by atoms with Crippen molar-refractivity contribution >= 4 is 17.7 Å². The van der Waals surface area contributed by atoms with Crippen LogP contribution in [0.1, 0.15) is 12.5 Å². The summed E-state index contributed by atoms with van der Waals surface area (Å²) < 4.78 is 47.3. The van der Waals surface area contributed by atoms with Crippen LogP contribution < -0.4 is 10.1 Å². The van der Waals surface area contributed by atoms with Crippen molar-refractivity contribution in [1.82, 2.24) is 5.32 Å². The molecule has 1 aromatic rings. The van der Waals surface area contributed by atoms with Gasteiger partial charge < -0.3 is 30.1 Å². The van der Waals surface area contributed by atoms with E-state index in [0.29, 0.717) is 5.56 Å². The van der Waals surface area contributed by atoms with Crippen LogP contribution in [0.5, 0.6) is 5.75 Å². The van der Waals surface area contributed by atoms with Gasteiger partial charge in [-0.2, -0.15) is 13.2 Å². The topological polar surface area (TPSA) is 142 Å². The molecule has 0 saturated heterocycles. The number of amides is 1. The first-order valence-corrected chi connectivity index (χ1v) is 8.75. The van der Waals surface area contributed by atoms with Crippen LogP contribution in [0.25, 0.3) is 0 Å². The number of hydrogen-bond donors (Lipinski definition) is 4. The summed E-state index contributed by atoms with van der Waals surface area (Å²) in [5.41, 5.74) is 0.374. The average Bonchev–Trinajstić information content (AvgIpc) is 2.70. The highest BCUT2D eigenvalue weighted by atomic mass is 19.4. The predicted molar refractivity (Wildman–Crippen MR) is 94.4 cm³/mol. The summed E-state index contributed by atoms with van der Waals surface area (Å²) in [5.74, 6) is -4.09. The Labute approximate surface area is 169 Å². The number of aliphatic hydroxyl groups is 3. The van der Waals surface area contributed by atoms with Crippen molar-refractivity contribution in [3.63, 3.8) is 0 Å². The van der Waals surface area contributed by atoms with Crippen LogP contribution in [0, 0.1) is 0 Å². The monoisotopic (exact) mass is 437 g/mol. The van der Waals surface area contributed by atoms with Crippen LogP contribution in [-0.2, 0) is 25.5 Å². The molecule has 30 heavy (non-hydrogen) atoms. The Morgan fingerprint density at radius 1 is 1.13 bits per heavy atom. The number of nitrogens with one attached hydrogen (secondary N) is 1. The van der Waals surface area contributed by atoms with Gasteiger partial charge in [0.2, 0.25) is 0 Å². The van der Waals surface area contributed by atoms with E-state index in [4.69, 9.17) is 9.84 Å². The molecule has 0 heterocycles. The van der Waals surface area contributed by atoms with Crippen molar-refractivity contribution in [3.8, 4) is 5.75 Å². The number of esters is 1. The molecule has 168 valence electrons. The highest BCUT2D eigenvalue weighted by Gasteiger charge is 2.41. The van der Waals surface area contributed by atoms with E-state index in [1.165, 1.54) is 31.2 Å². The molecule has 1 amide bonds. The molecule has 1 aromatic carbocycles. The Kier molecular flexibility index (Phi) is 9.69. The Morgan fingerprint density at radius 3 is 2.23 bits per heavy atom. The molecule has 0 saturated carbocycles. The minimum absolute atomic E-state index is 0.0863. The molecular formula is C18H22F3NO8. The molecule has 0 aliphatic carbocycles.